The lowest BCUT2D eigenvalue weighted by atomic mass is 10.3. The minimum absolute atomic E-state index is 1.07. The molecule has 0 radical (unpaired) electrons. The molecule has 2 rings (SSSR count). The maximum atomic E-state index is 2.31. The summed E-state index contributed by atoms with van der Waals surface area (Å²) in [6.45, 7) is 4.41. The van der Waals surface area contributed by atoms with E-state index in [9.17, 15) is 0 Å². The molecule has 0 saturated heterocycles. The third kappa shape index (κ3) is 1.14. The molecule has 0 atom stereocenters. The van der Waals surface area contributed by atoms with E-state index in [0.717, 1.165) is 12.8 Å². The molecule has 2 nitrogen and oxygen atoms in total. The molecule has 14 heavy (non-hydrogen) atoms. The van der Waals surface area contributed by atoms with E-state index < -0.39 is 0 Å². The zero-order valence-corrected chi connectivity index (χ0v) is 9.12. The zero-order chi connectivity index (χ0) is 10.1. The van der Waals surface area contributed by atoms with Crippen LogP contribution in [0.5, 0.6) is 0 Å². The summed E-state index contributed by atoms with van der Waals surface area (Å²) in [4.78, 5) is 0. The summed E-state index contributed by atoms with van der Waals surface area (Å²) in [6.07, 6.45) is 4.30. The first-order valence-corrected chi connectivity index (χ1v) is 5.26. The molecule has 0 aliphatic rings. The molecule has 2 aromatic rings. The van der Waals surface area contributed by atoms with Crippen molar-refractivity contribution in [2.45, 2.75) is 26.7 Å². The number of imidazole rings is 1. The summed E-state index contributed by atoms with van der Waals surface area (Å²) in [6, 6.07) is 6.39. The number of aryl methyl sites for hydroxylation is 2. The van der Waals surface area contributed by atoms with Crippen LogP contribution in [0.1, 0.15) is 25.4 Å². The van der Waals surface area contributed by atoms with Gasteiger partial charge in [0.15, 0.2) is 5.52 Å². The molecule has 2 heteroatoms. The summed E-state index contributed by atoms with van der Waals surface area (Å²) in [5.41, 5.74) is 2.76. The molecular weight excluding hydrogens is 172 g/mol. The quantitative estimate of drug-likeness (QED) is 0.638. The summed E-state index contributed by atoms with van der Waals surface area (Å²) in [5, 5.41) is 0. The SMILES string of the molecule is CCc1c2cccc[n+]2c(CC)n1C. The van der Waals surface area contributed by atoms with Crippen LogP contribution in [0.2, 0.25) is 0 Å². The van der Waals surface area contributed by atoms with Crippen LogP contribution in [0.25, 0.3) is 5.52 Å². The van der Waals surface area contributed by atoms with Crippen molar-refractivity contribution in [3.05, 3.63) is 35.9 Å². The molecular formula is C12H17N2+. The fourth-order valence-corrected chi connectivity index (χ4v) is 2.22. The van der Waals surface area contributed by atoms with Crippen LogP contribution < -0.4 is 4.40 Å². The fourth-order valence-electron chi connectivity index (χ4n) is 2.22. The standard InChI is InChI=1S/C12H17N2/c1-4-10-11-8-6-7-9-14(11)12(5-2)13(10)3/h6-9H,4-5H2,1-3H3/q+1. The molecule has 74 valence electrons. The topological polar surface area (TPSA) is 9.03 Å². The Morgan fingerprint density at radius 2 is 2.00 bits per heavy atom. The first-order valence-electron chi connectivity index (χ1n) is 5.26. The largest absolute Gasteiger partial charge is 0.261 e. The van der Waals surface area contributed by atoms with E-state index in [1.54, 1.807) is 0 Å². The third-order valence-electron chi connectivity index (χ3n) is 2.88. The minimum Gasteiger partial charge on any atom is -0.233 e. The molecule has 0 fully saturated rings. The van der Waals surface area contributed by atoms with E-state index in [-0.39, 0.29) is 0 Å². The van der Waals surface area contributed by atoms with Crippen molar-refractivity contribution in [1.82, 2.24) is 4.57 Å². The van der Waals surface area contributed by atoms with Gasteiger partial charge in [-0.2, -0.15) is 4.40 Å². The predicted octanol–water partition coefficient (Wildman–Crippen LogP) is 1.89. The Morgan fingerprint density at radius 1 is 1.21 bits per heavy atom. The fraction of sp³-hybridized carbons (Fsp3) is 0.417. The molecule has 0 unspecified atom stereocenters. The van der Waals surface area contributed by atoms with Crippen molar-refractivity contribution in [2.24, 2.45) is 7.05 Å². The van der Waals surface area contributed by atoms with Gasteiger partial charge in [0.05, 0.1) is 13.2 Å². The maximum Gasteiger partial charge on any atom is 0.261 e. The van der Waals surface area contributed by atoms with E-state index in [1.165, 1.54) is 17.0 Å². The number of hydrogen-bond acceptors (Lipinski definition) is 0. The molecule has 0 spiro atoms. The lowest BCUT2D eigenvalue weighted by molar-refractivity contribution is -0.522. The van der Waals surface area contributed by atoms with Crippen LogP contribution in [-0.4, -0.2) is 4.57 Å². The number of aromatic nitrogens is 2. The lowest BCUT2D eigenvalue weighted by Gasteiger charge is -1.92. The predicted molar refractivity (Wildman–Crippen MR) is 57.3 cm³/mol. The van der Waals surface area contributed by atoms with Gasteiger partial charge in [0.1, 0.15) is 5.69 Å². The number of hydrogen-bond donors (Lipinski definition) is 0. The Kier molecular flexibility index (Phi) is 2.28. The molecule has 0 bridgehead atoms. The normalized spacial score (nSPS) is 11.1. The van der Waals surface area contributed by atoms with E-state index in [2.05, 4.69) is 54.3 Å². The highest BCUT2D eigenvalue weighted by atomic mass is 15.1. The number of pyridine rings is 1. The minimum atomic E-state index is 1.07. The molecule has 0 aliphatic carbocycles. The van der Waals surface area contributed by atoms with Gasteiger partial charge in [-0.25, -0.2) is 4.57 Å². The average molecular weight is 189 g/mol. The lowest BCUT2D eigenvalue weighted by Crippen LogP contribution is -2.24. The van der Waals surface area contributed by atoms with Gasteiger partial charge in [-0.3, -0.25) is 0 Å². The Labute approximate surface area is 84.8 Å². The van der Waals surface area contributed by atoms with Crippen molar-refractivity contribution in [1.29, 1.82) is 0 Å². The van der Waals surface area contributed by atoms with E-state index in [1.807, 2.05) is 0 Å². The van der Waals surface area contributed by atoms with E-state index in [4.69, 9.17) is 0 Å². The van der Waals surface area contributed by atoms with Crippen molar-refractivity contribution in [3.63, 3.8) is 0 Å². The van der Waals surface area contributed by atoms with Gasteiger partial charge < -0.3 is 0 Å². The van der Waals surface area contributed by atoms with Gasteiger partial charge >= 0.3 is 0 Å². The molecule has 2 aromatic heterocycles. The zero-order valence-electron chi connectivity index (χ0n) is 9.12. The summed E-state index contributed by atoms with van der Waals surface area (Å²) in [7, 11) is 2.16. The van der Waals surface area contributed by atoms with Crippen LogP contribution in [0, 0.1) is 0 Å². The Hall–Kier alpha value is -1.31. The second-order valence-corrected chi connectivity index (χ2v) is 3.58. The van der Waals surface area contributed by atoms with Crippen molar-refractivity contribution < 1.29 is 4.40 Å². The molecule has 0 aromatic carbocycles. The van der Waals surface area contributed by atoms with Crippen molar-refractivity contribution >= 4 is 5.52 Å². The first-order chi connectivity index (χ1) is 6.79. The monoisotopic (exact) mass is 189 g/mol. The van der Waals surface area contributed by atoms with Gasteiger partial charge in [-0.1, -0.05) is 19.9 Å². The van der Waals surface area contributed by atoms with Gasteiger partial charge in [0.2, 0.25) is 0 Å². The highest BCUT2D eigenvalue weighted by molar-refractivity contribution is 5.45. The summed E-state index contributed by atoms with van der Waals surface area (Å²) >= 11 is 0. The number of fused-ring (bicyclic) bond motifs is 1. The Morgan fingerprint density at radius 3 is 2.64 bits per heavy atom. The number of rotatable bonds is 2. The molecule has 0 N–H and O–H groups in total. The Bertz CT molecular complexity index is 414. The van der Waals surface area contributed by atoms with E-state index in [0.29, 0.717) is 0 Å². The average Bonchev–Trinajstić information content (AvgIpc) is 2.49. The summed E-state index contributed by atoms with van der Waals surface area (Å²) in [5.74, 6) is 1.37. The van der Waals surface area contributed by atoms with Crippen LogP contribution in [0.3, 0.4) is 0 Å². The molecule has 0 amide bonds. The second kappa shape index (κ2) is 3.45. The van der Waals surface area contributed by atoms with Gasteiger partial charge in [-0.15, -0.1) is 0 Å². The van der Waals surface area contributed by atoms with E-state index >= 15 is 0 Å². The molecule has 0 saturated carbocycles. The van der Waals surface area contributed by atoms with Gasteiger partial charge in [-0.05, 0) is 12.1 Å². The van der Waals surface area contributed by atoms with Crippen LogP contribution in [-0.2, 0) is 19.9 Å². The van der Waals surface area contributed by atoms with Crippen molar-refractivity contribution in [2.75, 3.05) is 0 Å². The molecule has 2 heterocycles. The summed E-state index contributed by atoms with van der Waals surface area (Å²) < 4.78 is 4.61. The Balaban J connectivity index is 2.85. The van der Waals surface area contributed by atoms with Gasteiger partial charge in [0.25, 0.3) is 5.82 Å². The number of nitrogens with zero attached hydrogens (tertiary/aromatic N) is 2. The van der Waals surface area contributed by atoms with Gasteiger partial charge in [0, 0.05) is 12.8 Å². The smallest absolute Gasteiger partial charge is 0.233 e. The maximum absolute atomic E-state index is 2.31. The highest BCUT2D eigenvalue weighted by Crippen LogP contribution is 2.10. The second-order valence-electron chi connectivity index (χ2n) is 3.58. The van der Waals surface area contributed by atoms with Crippen molar-refractivity contribution in [3.8, 4) is 0 Å². The van der Waals surface area contributed by atoms with Crippen LogP contribution in [0.4, 0.5) is 0 Å². The van der Waals surface area contributed by atoms with Crippen LogP contribution >= 0.6 is 0 Å². The highest BCUT2D eigenvalue weighted by Gasteiger charge is 2.19. The first kappa shape index (κ1) is 9.25. The third-order valence-corrected chi connectivity index (χ3v) is 2.88. The van der Waals surface area contributed by atoms with Crippen LogP contribution in [0.15, 0.2) is 24.4 Å². The molecule has 0 aliphatic heterocycles.